The number of hydrogen-bond donors (Lipinski definition) is 1. The van der Waals surface area contributed by atoms with E-state index in [1.807, 2.05) is 29.6 Å². The Kier molecular flexibility index (Phi) is 6.70. The van der Waals surface area contributed by atoms with Crippen LogP contribution in [0.25, 0.3) is 0 Å². The summed E-state index contributed by atoms with van der Waals surface area (Å²) >= 11 is 1.30. The molecule has 0 aliphatic carbocycles. The van der Waals surface area contributed by atoms with Gasteiger partial charge in [-0.1, -0.05) is 18.2 Å². The first-order valence-electron chi connectivity index (χ1n) is 10.4. The number of ketones is 1. The lowest BCUT2D eigenvalue weighted by atomic mass is 9.95. The average molecular weight is 443 g/mol. The van der Waals surface area contributed by atoms with Crippen LogP contribution in [0.15, 0.2) is 53.1 Å². The number of nitrogens with zero attached hydrogens (tertiary/aromatic N) is 2. The van der Waals surface area contributed by atoms with Crippen LogP contribution in [-0.2, 0) is 9.53 Å². The zero-order chi connectivity index (χ0) is 21.8. The molecular weight excluding hydrogens is 416 g/mol. The number of morpholine rings is 1. The maximum Gasteiger partial charge on any atom is 0.290 e. The molecule has 1 aromatic heterocycles. The molecule has 0 spiro atoms. The molecule has 164 valence electrons. The average Bonchev–Trinajstić information content (AvgIpc) is 3.43. The van der Waals surface area contributed by atoms with E-state index in [1.54, 1.807) is 24.1 Å². The number of methoxy groups -OCH3 is 1. The van der Waals surface area contributed by atoms with Crippen molar-refractivity contribution in [1.82, 2.24) is 9.80 Å². The van der Waals surface area contributed by atoms with Crippen LogP contribution in [0, 0.1) is 0 Å². The van der Waals surface area contributed by atoms with E-state index >= 15 is 0 Å². The summed E-state index contributed by atoms with van der Waals surface area (Å²) in [5.74, 6) is -0.649. The number of aliphatic hydroxyl groups excluding tert-OH is 1. The smallest absolute Gasteiger partial charge is 0.290 e. The van der Waals surface area contributed by atoms with Gasteiger partial charge < -0.3 is 19.5 Å². The molecule has 7 nitrogen and oxygen atoms in total. The summed E-state index contributed by atoms with van der Waals surface area (Å²) in [5, 5.41) is 12.5. The molecule has 1 fully saturated rings. The summed E-state index contributed by atoms with van der Waals surface area (Å²) in [6.07, 6.45) is 0.736. The van der Waals surface area contributed by atoms with Gasteiger partial charge >= 0.3 is 0 Å². The van der Waals surface area contributed by atoms with Crippen molar-refractivity contribution >= 4 is 23.0 Å². The Morgan fingerprint density at radius 1 is 1.23 bits per heavy atom. The van der Waals surface area contributed by atoms with Crippen molar-refractivity contribution in [3.05, 3.63) is 63.6 Å². The van der Waals surface area contributed by atoms with E-state index in [0.717, 1.165) is 44.8 Å². The lowest BCUT2D eigenvalue weighted by molar-refractivity contribution is -0.129. The predicted molar refractivity (Wildman–Crippen MR) is 118 cm³/mol. The molecule has 0 unspecified atom stereocenters. The molecule has 8 heteroatoms. The van der Waals surface area contributed by atoms with Crippen molar-refractivity contribution in [2.45, 2.75) is 12.5 Å². The normalized spacial score (nSPS) is 19.8. The zero-order valence-electron chi connectivity index (χ0n) is 17.5. The molecule has 1 amide bonds. The van der Waals surface area contributed by atoms with Gasteiger partial charge in [0.2, 0.25) is 5.78 Å². The molecule has 0 bridgehead atoms. The zero-order valence-corrected chi connectivity index (χ0v) is 18.3. The summed E-state index contributed by atoms with van der Waals surface area (Å²) in [6, 6.07) is 10.2. The molecule has 0 radical (unpaired) electrons. The number of benzene rings is 1. The molecule has 1 aromatic carbocycles. The molecule has 31 heavy (non-hydrogen) atoms. The minimum absolute atomic E-state index is 0.132. The van der Waals surface area contributed by atoms with Crippen LogP contribution in [-0.4, -0.2) is 73.1 Å². The largest absolute Gasteiger partial charge is 0.503 e. The van der Waals surface area contributed by atoms with Crippen LogP contribution in [0.4, 0.5) is 0 Å². The molecule has 1 saturated heterocycles. The van der Waals surface area contributed by atoms with Gasteiger partial charge in [0.15, 0.2) is 5.76 Å². The van der Waals surface area contributed by atoms with Gasteiger partial charge in [-0.05, 0) is 35.6 Å². The standard InChI is InChI=1S/C23H26N2O5S/c1-29-17-6-2-5-16(15-17)20-19(21(26)18-7-3-14-31-18)22(27)23(28)25(20)9-4-8-24-10-12-30-13-11-24/h2-3,5-7,14-15,20,27H,4,8-13H2,1H3/t20-/m1/s1. The second-order valence-electron chi connectivity index (χ2n) is 7.55. The Morgan fingerprint density at radius 2 is 2.03 bits per heavy atom. The fourth-order valence-electron chi connectivity index (χ4n) is 4.10. The SMILES string of the molecule is COc1cccc([C@@H]2C(C(=O)c3cccs3)=C(O)C(=O)N2CCCN2CCOCC2)c1. The van der Waals surface area contributed by atoms with E-state index in [2.05, 4.69) is 4.90 Å². The molecule has 2 aromatic rings. The lowest BCUT2D eigenvalue weighted by Crippen LogP contribution is -2.39. The topological polar surface area (TPSA) is 79.3 Å². The minimum atomic E-state index is -0.651. The Labute approximate surface area is 185 Å². The second kappa shape index (κ2) is 9.64. The van der Waals surface area contributed by atoms with Crippen molar-refractivity contribution in [1.29, 1.82) is 0 Å². The molecule has 0 saturated carbocycles. The summed E-state index contributed by atoms with van der Waals surface area (Å²) < 4.78 is 10.7. The number of ether oxygens (including phenoxy) is 2. The molecule has 1 atom stereocenters. The van der Waals surface area contributed by atoms with E-state index in [0.29, 0.717) is 17.2 Å². The number of carbonyl (C=O) groups is 2. The van der Waals surface area contributed by atoms with Crippen molar-refractivity contribution in [2.75, 3.05) is 46.5 Å². The van der Waals surface area contributed by atoms with E-state index in [1.165, 1.54) is 11.3 Å². The summed E-state index contributed by atoms with van der Waals surface area (Å²) in [4.78, 5) is 30.6. The van der Waals surface area contributed by atoms with Crippen LogP contribution in [0.5, 0.6) is 5.75 Å². The Bertz CT molecular complexity index is 966. The molecule has 4 rings (SSSR count). The fraction of sp³-hybridized carbons (Fsp3) is 0.391. The summed E-state index contributed by atoms with van der Waals surface area (Å²) in [6.45, 7) is 4.45. The number of carbonyl (C=O) groups excluding carboxylic acids is 2. The van der Waals surface area contributed by atoms with Crippen LogP contribution < -0.4 is 4.74 Å². The number of thiophene rings is 1. The van der Waals surface area contributed by atoms with Crippen molar-refractivity contribution < 1.29 is 24.2 Å². The quantitative estimate of drug-likeness (QED) is 0.633. The van der Waals surface area contributed by atoms with Crippen LogP contribution >= 0.6 is 11.3 Å². The van der Waals surface area contributed by atoms with Crippen LogP contribution in [0.3, 0.4) is 0 Å². The summed E-state index contributed by atoms with van der Waals surface area (Å²) in [7, 11) is 1.57. The monoisotopic (exact) mass is 442 g/mol. The number of rotatable bonds is 8. The van der Waals surface area contributed by atoms with Gasteiger partial charge in [-0.15, -0.1) is 11.3 Å². The highest BCUT2D eigenvalue weighted by atomic mass is 32.1. The Balaban J connectivity index is 1.61. The molecule has 2 aliphatic rings. The van der Waals surface area contributed by atoms with Crippen LogP contribution in [0.2, 0.25) is 0 Å². The van der Waals surface area contributed by atoms with Crippen molar-refractivity contribution in [2.24, 2.45) is 0 Å². The second-order valence-corrected chi connectivity index (χ2v) is 8.50. The molecule has 3 heterocycles. The molecular formula is C23H26N2O5S. The fourth-order valence-corrected chi connectivity index (χ4v) is 4.78. The highest BCUT2D eigenvalue weighted by molar-refractivity contribution is 7.12. The third kappa shape index (κ3) is 4.51. The van der Waals surface area contributed by atoms with Crippen LogP contribution in [0.1, 0.15) is 27.7 Å². The molecule has 2 aliphatic heterocycles. The highest BCUT2D eigenvalue weighted by Gasteiger charge is 2.43. The third-order valence-electron chi connectivity index (χ3n) is 5.68. The Morgan fingerprint density at radius 3 is 2.74 bits per heavy atom. The van der Waals surface area contributed by atoms with Gasteiger partial charge in [-0.2, -0.15) is 0 Å². The van der Waals surface area contributed by atoms with Gasteiger partial charge in [0.25, 0.3) is 5.91 Å². The predicted octanol–water partition coefficient (Wildman–Crippen LogP) is 3.06. The van der Waals surface area contributed by atoms with Crippen molar-refractivity contribution in [3.8, 4) is 5.75 Å². The Hall–Kier alpha value is -2.68. The van der Waals surface area contributed by atoms with E-state index < -0.39 is 17.7 Å². The first-order chi connectivity index (χ1) is 15.1. The maximum atomic E-state index is 13.2. The van der Waals surface area contributed by atoms with E-state index in [4.69, 9.17) is 9.47 Å². The first-order valence-corrected chi connectivity index (χ1v) is 11.2. The van der Waals surface area contributed by atoms with Gasteiger partial charge in [-0.25, -0.2) is 0 Å². The van der Waals surface area contributed by atoms with Gasteiger partial charge in [0, 0.05) is 26.2 Å². The minimum Gasteiger partial charge on any atom is -0.503 e. The number of hydrogen-bond acceptors (Lipinski definition) is 7. The van der Waals surface area contributed by atoms with Gasteiger partial charge in [0.1, 0.15) is 5.75 Å². The third-order valence-corrected chi connectivity index (χ3v) is 6.55. The van der Waals surface area contributed by atoms with E-state index in [9.17, 15) is 14.7 Å². The number of amides is 1. The highest BCUT2D eigenvalue weighted by Crippen LogP contribution is 2.40. The van der Waals surface area contributed by atoms with Gasteiger partial charge in [-0.3, -0.25) is 14.5 Å². The summed E-state index contributed by atoms with van der Waals surface area (Å²) in [5.41, 5.74) is 0.870. The number of Topliss-reactive ketones (excluding diaryl/α,β-unsaturated/α-hetero) is 1. The lowest BCUT2D eigenvalue weighted by Gasteiger charge is -2.30. The maximum absolute atomic E-state index is 13.2. The molecule has 1 N–H and O–H groups in total. The van der Waals surface area contributed by atoms with E-state index in [-0.39, 0.29) is 11.4 Å². The first kappa shape index (κ1) is 21.5. The van der Waals surface area contributed by atoms with Crippen molar-refractivity contribution in [3.63, 3.8) is 0 Å². The number of aliphatic hydroxyl groups is 1. The van der Waals surface area contributed by atoms with Gasteiger partial charge in [0.05, 0.1) is 36.8 Å².